The second kappa shape index (κ2) is 5.62. The molecule has 2 atom stereocenters. The first kappa shape index (κ1) is 15.1. The third kappa shape index (κ3) is 3.44. The lowest BCUT2D eigenvalue weighted by molar-refractivity contribution is -0.132. The van der Waals surface area contributed by atoms with Gasteiger partial charge in [0, 0.05) is 31.6 Å². The highest BCUT2D eigenvalue weighted by Gasteiger charge is 2.37. The Morgan fingerprint density at radius 1 is 1.30 bits per heavy atom. The summed E-state index contributed by atoms with van der Waals surface area (Å²) in [6, 6.07) is 0.451. The molecule has 2 fully saturated rings. The Bertz CT molecular complexity index is 389. The molecule has 2 heterocycles. The van der Waals surface area contributed by atoms with Gasteiger partial charge in [0.2, 0.25) is 5.91 Å². The van der Waals surface area contributed by atoms with Crippen molar-refractivity contribution in [1.82, 2.24) is 9.80 Å². The Morgan fingerprint density at radius 3 is 2.55 bits per heavy atom. The Morgan fingerprint density at radius 2 is 2.00 bits per heavy atom. The molecule has 2 amide bonds. The van der Waals surface area contributed by atoms with Crippen LogP contribution in [0.5, 0.6) is 0 Å². The Labute approximate surface area is 121 Å². The van der Waals surface area contributed by atoms with Crippen LogP contribution in [0.15, 0.2) is 0 Å². The first-order valence-electron chi connectivity index (χ1n) is 7.57. The van der Waals surface area contributed by atoms with Crippen molar-refractivity contribution < 1.29 is 14.3 Å². The van der Waals surface area contributed by atoms with Gasteiger partial charge < -0.3 is 14.5 Å². The number of piperidine rings is 1. The van der Waals surface area contributed by atoms with Crippen molar-refractivity contribution in [3.05, 3.63) is 0 Å². The van der Waals surface area contributed by atoms with E-state index in [9.17, 15) is 9.59 Å². The average Bonchev–Trinajstić information content (AvgIpc) is 2.67. The summed E-state index contributed by atoms with van der Waals surface area (Å²) >= 11 is 0. The number of likely N-dealkylation sites (tertiary alicyclic amines) is 2. The summed E-state index contributed by atoms with van der Waals surface area (Å²) in [6.07, 6.45) is 3.23. The standard InChI is InChI=1S/C15H26N2O3/c1-11-7-8-13(18)17(11)12-6-5-9-16(10-12)14(19)20-15(2,3)4/h11-12H,5-10H2,1-4H3/t11-,12-/m0/s1. The van der Waals surface area contributed by atoms with Gasteiger partial charge in [0.1, 0.15) is 5.60 Å². The van der Waals surface area contributed by atoms with Crippen molar-refractivity contribution in [2.45, 2.75) is 71.1 Å². The normalized spacial score (nSPS) is 27.9. The Balaban J connectivity index is 1.98. The van der Waals surface area contributed by atoms with E-state index in [-0.39, 0.29) is 18.0 Å². The van der Waals surface area contributed by atoms with Crippen LogP contribution in [0.3, 0.4) is 0 Å². The molecule has 5 nitrogen and oxygen atoms in total. The van der Waals surface area contributed by atoms with E-state index in [4.69, 9.17) is 4.74 Å². The molecule has 2 rings (SSSR count). The van der Waals surface area contributed by atoms with Crippen LogP contribution in [-0.2, 0) is 9.53 Å². The molecule has 0 aromatic carbocycles. The summed E-state index contributed by atoms with van der Waals surface area (Å²) in [7, 11) is 0. The predicted molar refractivity (Wildman–Crippen MR) is 76.4 cm³/mol. The van der Waals surface area contributed by atoms with Crippen LogP contribution in [0.4, 0.5) is 4.79 Å². The number of amides is 2. The summed E-state index contributed by atoms with van der Waals surface area (Å²) in [5.41, 5.74) is -0.471. The van der Waals surface area contributed by atoms with Crippen LogP contribution >= 0.6 is 0 Å². The van der Waals surface area contributed by atoms with Crippen molar-refractivity contribution in [2.24, 2.45) is 0 Å². The maximum Gasteiger partial charge on any atom is 0.410 e. The topological polar surface area (TPSA) is 49.9 Å². The zero-order valence-corrected chi connectivity index (χ0v) is 13.0. The van der Waals surface area contributed by atoms with Gasteiger partial charge in [0.25, 0.3) is 0 Å². The fourth-order valence-electron chi connectivity index (χ4n) is 3.08. The van der Waals surface area contributed by atoms with E-state index in [2.05, 4.69) is 6.92 Å². The van der Waals surface area contributed by atoms with Gasteiger partial charge in [-0.2, -0.15) is 0 Å². The minimum absolute atomic E-state index is 0.154. The molecule has 0 unspecified atom stereocenters. The lowest BCUT2D eigenvalue weighted by atomic mass is 10.0. The highest BCUT2D eigenvalue weighted by atomic mass is 16.6. The second-order valence-corrected chi connectivity index (χ2v) is 6.91. The van der Waals surface area contributed by atoms with Gasteiger partial charge in [-0.3, -0.25) is 4.79 Å². The molecule has 2 aliphatic rings. The molecule has 0 saturated carbocycles. The van der Waals surface area contributed by atoms with Gasteiger partial charge in [-0.1, -0.05) is 0 Å². The highest BCUT2D eigenvalue weighted by molar-refractivity contribution is 5.79. The zero-order chi connectivity index (χ0) is 14.9. The number of hydrogen-bond acceptors (Lipinski definition) is 3. The first-order valence-corrected chi connectivity index (χ1v) is 7.57. The number of carbonyl (C=O) groups is 2. The van der Waals surface area contributed by atoms with Crippen LogP contribution in [0.2, 0.25) is 0 Å². The summed E-state index contributed by atoms with van der Waals surface area (Å²) in [6.45, 7) is 9.04. The molecular weight excluding hydrogens is 256 g/mol. The molecule has 2 saturated heterocycles. The fourth-order valence-corrected chi connectivity index (χ4v) is 3.08. The lowest BCUT2D eigenvalue weighted by Crippen LogP contribution is -2.52. The van der Waals surface area contributed by atoms with Crippen LogP contribution in [0.25, 0.3) is 0 Å². The van der Waals surface area contributed by atoms with Crippen molar-refractivity contribution >= 4 is 12.0 Å². The van der Waals surface area contributed by atoms with Gasteiger partial charge in [-0.15, -0.1) is 0 Å². The van der Waals surface area contributed by atoms with Crippen LogP contribution < -0.4 is 0 Å². The van der Waals surface area contributed by atoms with Crippen molar-refractivity contribution in [2.75, 3.05) is 13.1 Å². The molecule has 0 spiro atoms. The quantitative estimate of drug-likeness (QED) is 0.742. The van der Waals surface area contributed by atoms with E-state index >= 15 is 0 Å². The van der Waals surface area contributed by atoms with E-state index in [0.29, 0.717) is 19.0 Å². The Hall–Kier alpha value is -1.26. The van der Waals surface area contributed by atoms with Crippen LogP contribution in [0, 0.1) is 0 Å². The second-order valence-electron chi connectivity index (χ2n) is 6.91. The number of nitrogens with zero attached hydrogens (tertiary/aromatic N) is 2. The van der Waals surface area contributed by atoms with Gasteiger partial charge >= 0.3 is 6.09 Å². The van der Waals surface area contributed by atoms with Crippen LogP contribution in [-0.4, -0.2) is 52.6 Å². The number of ether oxygens (including phenoxy) is 1. The van der Waals surface area contributed by atoms with Gasteiger partial charge in [-0.25, -0.2) is 4.79 Å². The smallest absolute Gasteiger partial charge is 0.410 e. The molecule has 20 heavy (non-hydrogen) atoms. The van der Waals surface area contributed by atoms with E-state index < -0.39 is 5.60 Å². The number of rotatable bonds is 1. The molecule has 2 aliphatic heterocycles. The van der Waals surface area contributed by atoms with Crippen molar-refractivity contribution in [3.8, 4) is 0 Å². The molecule has 0 aromatic heterocycles. The van der Waals surface area contributed by atoms with Gasteiger partial charge in [-0.05, 0) is 47.0 Å². The minimum atomic E-state index is -0.471. The summed E-state index contributed by atoms with van der Waals surface area (Å²) in [5, 5.41) is 0. The Kier molecular flexibility index (Phi) is 4.25. The molecule has 0 bridgehead atoms. The SMILES string of the molecule is C[C@H]1CCC(=O)N1[C@H]1CCCN(C(=O)OC(C)(C)C)C1. The third-order valence-corrected chi connectivity index (χ3v) is 3.98. The lowest BCUT2D eigenvalue weighted by Gasteiger charge is -2.39. The fraction of sp³-hybridized carbons (Fsp3) is 0.867. The van der Waals surface area contributed by atoms with Crippen molar-refractivity contribution in [1.29, 1.82) is 0 Å². The van der Waals surface area contributed by atoms with E-state index in [1.165, 1.54) is 0 Å². The van der Waals surface area contributed by atoms with E-state index in [1.807, 2.05) is 25.7 Å². The van der Waals surface area contributed by atoms with Gasteiger partial charge in [0.05, 0.1) is 0 Å². The van der Waals surface area contributed by atoms with E-state index in [0.717, 1.165) is 25.8 Å². The van der Waals surface area contributed by atoms with Crippen molar-refractivity contribution in [3.63, 3.8) is 0 Å². The maximum atomic E-state index is 12.1. The molecule has 0 N–H and O–H groups in total. The highest BCUT2D eigenvalue weighted by Crippen LogP contribution is 2.26. The molecule has 0 aliphatic carbocycles. The molecular formula is C15H26N2O3. The average molecular weight is 282 g/mol. The summed E-state index contributed by atoms with van der Waals surface area (Å²) in [4.78, 5) is 27.8. The molecule has 114 valence electrons. The summed E-state index contributed by atoms with van der Waals surface area (Å²) < 4.78 is 5.43. The number of carbonyl (C=O) groups excluding carboxylic acids is 2. The maximum absolute atomic E-state index is 12.1. The van der Waals surface area contributed by atoms with E-state index in [1.54, 1.807) is 4.90 Å². The predicted octanol–water partition coefficient (Wildman–Crippen LogP) is 2.40. The molecule has 0 aromatic rings. The monoisotopic (exact) mass is 282 g/mol. The largest absolute Gasteiger partial charge is 0.444 e. The first-order chi connectivity index (χ1) is 9.28. The molecule has 0 radical (unpaired) electrons. The number of hydrogen-bond donors (Lipinski definition) is 0. The minimum Gasteiger partial charge on any atom is -0.444 e. The third-order valence-electron chi connectivity index (χ3n) is 3.98. The summed E-state index contributed by atoms with van der Waals surface area (Å²) in [5.74, 6) is 0.230. The molecule has 5 heteroatoms. The van der Waals surface area contributed by atoms with Gasteiger partial charge in [0.15, 0.2) is 0 Å². The zero-order valence-electron chi connectivity index (χ0n) is 13.0. The van der Waals surface area contributed by atoms with Crippen LogP contribution in [0.1, 0.15) is 53.4 Å².